The molecule has 55 heavy (non-hydrogen) atoms. The van der Waals surface area contributed by atoms with Gasteiger partial charge in [0.2, 0.25) is 0 Å². The number of ether oxygens (including phenoxy) is 4. The van der Waals surface area contributed by atoms with Crippen LogP contribution in [0.5, 0.6) is 28.7 Å². The van der Waals surface area contributed by atoms with Crippen LogP contribution in [0.25, 0.3) is 0 Å². The summed E-state index contributed by atoms with van der Waals surface area (Å²) in [6.45, 7) is 14.1. The first kappa shape index (κ1) is 40.3. The van der Waals surface area contributed by atoms with Gasteiger partial charge in [-0.05, 0) is 107 Å². The number of fused-ring (bicyclic) bond motifs is 7. The maximum Gasteiger partial charge on any atom is 0.347 e. The Balaban J connectivity index is 0.000000187. The lowest BCUT2D eigenvalue weighted by atomic mass is 9.47. The lowest BCUT2D eigenvalue weighted by molar-refractivity contribution is -0.185. The molecule has 0 radical (unpaired) electrons. The van der Waals surface area contributed by atoms with Crippen molar-refractivity contribution in [2.75, 3.05) is 7.11 Å². The Labute approximate surface area is 329 Å². The lowest BCUT2D eigenvalue weighted by Gasteiger charge is -2.58. The Morgan fingerprint density at radius 3 is 2.09 bits per heavy atom. The van der Waals surface area contributed by atoms with E-state index in [4.69, 9.17) is 42.1 Å². The number of benzene rings is 2. The van der Waals surface area contributed by atoms with Gasteiger partial charge in [-0.15, -0.1) is 0 Å². The second-order valence-electron chi connectivity index (χ2n) is 16.0. The number of methoxy groups -OCH3 is 1. The molecule has 0 bridgehead atoms. The molecule has 13 heteroatoms. The summed E-state index contributed by atoms with van der Waals surface area (Å²) in [7, 11) is 1.17. The van der Waals surface area contributed by atoms with Crippen molar-refractivity contribution in [3.05, 3.63) is 61.2 Å². The summed E-state index contributed by atoms with van der Waals surface area (Å²) >= 11 is 12.2. The molecule has 2 N–H and O–H groups in total. The zero-order valence-electron chi connectivity index (χ0n) is 32.5. The summed E-state index contributed by atoms with van der Waals surface area (Å²) in [6.07, 6.45) is 9.20. The molecule has 11 nitrogen and oxygen atoms in total. The number of hydrogen-bond donors (Lipinski definition) is 2. The van der Waals surface area contributed by atoms with E-state index in [1.54, 1.807) is 6.92 Å². The Hall–Kier alpha value is -4.35. The maximum atomic E-state index is 12.8. The number of phenols is 2. The van der Waals surface area contributed by atoms with Crippen molar-refractivity contribution in [1.29, 1.82) is 0 Å². The maximum absolute atomic E-state index is 12.8. The van der Waals surface area contributed by atoms with Gasteiger partial charge >= 0.3 is 17.9 Å². The highest BCUT2D eigenvalue weighted by molar-refractivity contribution is 6.39. The van der Waals surface area contributed by atoms with Gasteiger partial charge in [0.05, 0.1) is 12.1 Å². The second kappa shape index (κ2) is 14.0. The molecule has 6 unspecified atom stereocenters. The molecule has 0 amide bonds. The zero-order chi connectivity index (χ0) is 40.7. The number of halogens is 2. The Bertz CT molecular complexity index is 2150. The number of esters is 3. The van der Waals surface area contributed by atoms with E-state index in [2.05, 4.69) is 26.8 Å². The van der Waals surface area contributed by atoms with E-state index in [0.717, 1.165) is 25.7 Å². The third-order valence-electron chi connectivity index (χ3n) is 13.2. The van der Waals surface area contributed by atoms with Crippen LogP contribution >= 0.6 is 23.2 Å². The molecule has 0 saturated heterocycles. The van der Waals surface area contributed by atoms with Crippen LogP contribution in [-0.2, 0) is 23.9 Å². The summed E-state index contributed by atoms with van der Waals surface area (Å²) in [5.74, 6) is -1.71. The van der Waals surface area contributed by atoms with E-state index >= 15 is 0 Å². The van der Waals surface area contributed by atoms with Crippen molar-refractivity contribution >= 4 is 52.7 Å². The first-order valence-electron chi connectivity index (χ1n) is 18.4. The van der Waals surface area contributed by atoms with Crippen LogP contribution in [0.2, 0.25) is 10.0 Å². The van der Waals surface area contributed by atoms with E-state index in [0.29, 0.717) is 30.6 Å². The molecular formula is C42H46Cl2O11. The smallest absolute Gasteiger partial charge is 0.347 e. The minimum atomic E-state index is -0.990. The molecule has 7 rings (SSSR count). The number of phenolic OH excluding ortho intramolecular Hbond substituents is 2. The number of carbonyl (C=O) groups is 5. The number of rotatable bonds is 3. The Kier molecular flexibility index (Phi) is 10.3. The molecule has 0 aromatic heterocycles. The van der Waals surface area contributed by atoms with Crippen LogP contribution in [-0.4, -0.2) is 52.4 Å². The van der Waals surface area contributed by atoms with Gasteiger partial charge < -0.3 is 29.2 Å². The van der Waals surface area contributed by atoms with Gasteiger partial charge in [-0.25, -0.2) is 9.59 Å². The summed E-state index contributed by atoms with van der Waals surface area (Å²) < 4.78 is 21.7. The van der Waals surface area contributed by atoms with Gasteiger partial charge in [-0.1, -0.05) is 48.7 Å². The third kappa shape index (κ3) is 5.95. The van der Waals surface area contributed by atoms with E-state index < -0.39 is 29.0 Å². The quantitative estimate of drug-likeness (QED) is 0.225. The van der Waals surface area contributed by atoms with Gasteiger partial charge in [0.25, 0.3) is 0 Å². The predicted molar refractivity (Wildman–Crippen MR) is 203 cm³/mol. The first-order chi connectivity index (χ1) is 25.7. The zero-order valence-corrected chi connectivity index (χ0v) is 34.0. The molecular weight excluding hydrogens is 751 g/mol. The highest BCUT2D eigenvalue weighted by Gasteiger charge is 2.67. The van der Waals surface area contributed by atoms with Gasteiger partial charge in [-0.3, -0.25) is 14.4 Å². The van der Waals surface area contributed by atoms with Crippen molar-refractivity contribution in [1.82, 2.24) is 0 Å². The van der Waals surface area contributed by atoms with E-state index in [1.807, 2.05) is 6.08 Å². The summed E-state index contributed by atoms with van der Waals surface area (Å²) in [4.78, 5) is 61.5. The molecule has 2 fully saturated rings. The van der Waals surface area contributed by atoms with Crippen molar-refractivity contribution in [3.63, 3.8) is 0 Å². The molecule has 1 heterocycles. The topological polar surface area (TPSA) is 163 Å². The van der Waals surface area contributed by atoms with Crippen LogP contribution in [0.4, 0.5) is 0 Å². The average Bonchev–Trinajstić information content (AvgIpc) is 3.33. The Morgan fingerprint density at radius 2 is 1.47 bits per heavy atom. The Morgan fingerprint density at radius 1 is 0.836 bits per heavy atom. The van der Waals surface area contributed by atoms with Crippen LogP contribution in [0, 0.1) is 49.4 Å². The number of ketones is 2. The van der Waals surface area contributed by atoms with E-state index in [1.165, 1.54) is 46.0 Å². The second-order valence-corrected chi connectivity index (χ2v) is 16.7. The van der Waals surface area contributed by atoms with Crippen LogP contribution in [0.15, 0.2) is 23.3 Å². The van der Waals surface area contributed by atoms with Gasteiger partial charge in [0.1, 0.15) is 21.9 Å². The van der Waals surface area contributed by atoms with Crippen molar-refractivity contribution in [2.45, 2.75) is 99.5 Å². The fourth-order valence-corrected chi connectivity index (χ4v) is 10.8. The largest absolute Gasteiger partial charge is 0.507 e. The number of hydrogen-bond acceptors (Lipinski definition) is 11. The molecule has 5 aliphatic rings. The fourth-order valence-electron chi connectivity index (χ4n) is 10.4. The average molecular weight is 798 g/mol. The third-order valence-corrected chi connectivity index (χ3v) is 14.0. The molecule has 0 spiro atoms. The fraction of sp³-hybridized carbons (Fsp3) is 0.500. The molecule has 1 aliphatic heterocycles. The monoisotopic (exact) mass is 796 g/mol. The van der Waals surface area contributed by atoms with E-state index in [9.17, 15) is 34.2 Å². The summed E-state index contributed by atoms with van der Waals surface area (Å²) in [6, 6.07) is 0. The minimum absolute atomic E-state index is 0.0131. The van der Waals surface area contributed by atoms with Crippen LogP contribution in [0.1, 0.15) is 111 Å². The molecule has 2 aromatic rings. The van der Waals surface area contributed by atoms with Crippen molar-refractivity contribution < 1.29 is 53.1 Å². The number of allylic oxidation sites excluding steroid dienone is 4. The highest BCUT2D eigenvalue weighted by Crippen LogP contribution is 2.68. The van der Waals surface area contributed by atoms with Gasteiger partial charge in [-0.2, -0.15) is 0 Å². The molecule has 294 valence electrons. The lowest BCUT2D eigenvalue weighted by Crippen LogP contribution is -2.58. The molecule has 2 saturated carbocycles. The normalized spacial score (nSPS) is 28.8. The van der Waals surface area contributed by atoms with Crippen LogP contribution < -0.4 is 9.47 Å². The van der Waals surface area contributed by atoms with Crippen LogP contribution in [0.3, 0.4) is 0 Å². The highest BCUT2D eigenvalue weighted by atomic mass is 35.5. The summed E-state index contributed by atoms with van der Waals surface area (Å²) in [5.41, 5.74) is 1.42. The van der Waals surface area contributed by atoms with Crippen molar-refractivity contribution in [3.8, 4) is 28.7 Å². The van der Waals surface area contributed by atoms with Crippen molar-refractivity contribution in [2.24, 2.45) is 28.6 Å². The van der Waals surface area contributed by atoms with E-state index in [-0.39, 0.29) is 83.5 Å². The van der Waals surface area contributed by atoms with Gasteiger partial charge in [0, 0.05) is 29.9 Å². The molecule has 2 aromatic carbocycles. The molecule has 4 aliphatic carbocycles. The standard InChI is InChI=1S/C24H32O4.C18H14Cl2O7/c1-14-12-18-19(22(4)9-6-17(27)13-21(14)22)7-10-23(5)20(18)8-11-24(23,15(2)25)28-16(3)26;1-5-9-16(11(20)13(22)10(5)19)26-14-6(2)8(17(23)25-4)12(21)7(3)15(14)27-18(9)24/h12-13,18-20H,6-11H2,1-5H3;21-22H,1-4H3. The first-order valence-corrected chi connectivity index (χ1v) is 19.1. The summed E-state index contributed by atoms with van der Waals surface area (Å²) in [5, 5.41) is 20.1. The number of carbonyl (C=O) groups excluding carboxylic acids is 5. The SMILES string of the molecule is CC(=O)OC1(C(C)=O)CCC2C3C=C(C)C4=CC(=O)CCC4(C)C3CCC21C.COC(=O)c1c(C)c2c(c(C)c1O)OC(=O)c1c(C)c(Cl)c(O)c(Cl)c1O2. The number of aromatic hydroxyl groups is 2. The predicted octanol–water partition coefficient (Wildman–Crippen LogP) is 9.02. The minimum Gasteiger partial charge on any atom is -0.507 e. The number of Topliss-reactive ketones (excluding diaryl/α,β-unsaturated/α-hetero) is 1. The van der Waals surface area contributed by atoms with Gasteiger partial charge in [0.15, 0.2) is 40.2 Å². The molecule has 6 atom stereocenters.